The fourth-order valence-corrected chi connectivity index (χ4v) is 1.57. The highest BCUT2D eigenvalue weighted by Gasteiger charge is 2.32. The van der Waals surface area contributed by atoms with E-state index in [0.29, 0.717) is 18.5 Å². The van der Waals surface area contributed by atoms with E-state index in [9.17, 15) is 4.79 Å². The maximum absolute atomic E-state index is 11.8. The molecule has 1 fully saturated rings. The van der Waals surface area contributed by atoms with Crippen LogP contribution in [0.1, 0.15) is 33.6 Å². The Balaban J connectivity index is 2.36. The van der Waals surface area contributed by atoms with Gasteiger partial charge in [-0.05, 0) is 25.3 Å². The Morgan fingerprint density at radius 1 is 1.50 bits per heavy atom. The molecule has 3 nitrogen and oxygen atoms in total. The molecule has 0 spiro atoms. The third kappa shape index (κ3) is 3.66. The minimum Gasteiger partial charge on any atom is -0.338 e. The van der Waals surface area contributed by atoms with Gasteiger partial charge in [-0.15, -0.1) is 0 Å². The Kier molecular flexibility index (Phi) is 4.39. The number of rotatable bonds is 6. The van der Waals surface area contributed by atoms with Crippen molar-refractivity contribution in [2.45, 2.75) is 39.7 Å². The maximum atomic E-state index is 11.8. The van der Waals surface area contributed by atoms with Crippen molar-refractivity contribution in [3.63, 3.8) is 0 Å². The van der Waals surface area contributed by atoms with E-state index in [0.717, 1.165) is 13.1 Å². The molecule has 1 aliphatic rings. The number of hydrogen-bond acceptors (Lipinski definition) is 2. The highest BCUT2D eigenvalue weighted by atomic mass is 16.2. The van der Waals surface area contributed by atoms with Gasteiger partial charge in [-0.3, -0.25) is 4.79 Å². The van der Waals surface area contributed by atoms with Crippen LogP contribution in [0.2, 0.25) is 0 Å². The molecule has 0 bridgehead atoms. The number of nitrogens with zero attached hydrogens (tertiary/aromatic N) is 1. The summed E-state index contributed by atoms with van der Waals surface area (Å²) in [5.41, 5.74) is 0. The lowest BCUT2D eigenvalue weighted by Crippen LogP contribution is -2.41. The Morgan fingerprint density at radius 2 is 2.14 bits per heavy atom. The molecule has 1 amide bonds. The second kappa shape index (κ2) is 5.35. The van der Waals surface area contributed by atoms with Crippen molar-refractivity contribution in [2.75, 3.05) is 19.6 Å². The molecule has 0 aromatic rings. The van der Waals surface area contributed by atoms with Crippen molar-refractivity contribution >= 4 is 5.91 Å². The molecule has 0 unspecified atom stereocenters. The second-order valence-corrected chi connectivity index (χ2v) is 4.45. The molecule has 0 saturated heterocycles. The van der Waals surface area contributed by atoms with Crippen LogP contribution in [0.4, 0.5) is 0 Å². The normalized spacial score (nSPS) is 16.0. The Labute approximate surface area is 86.9 Å². The number of amides is 1. The molecule has 1 rings (SSSR count). The molecule has 14 heavy (non-hydrogen) atoms. The smallest absolute Gasteiger partial charge is 0.236 e. The summed E-state index contributed by atoms with van der Waals surface area (Å²) in [5, 5.41) is 3.09. The topological polar surface area (TPSA) is 32.3 Å². The van der Waals surface area contributed by atoms with Gasteiger partial charge in [0.25, 0.3) is 0 Å². The van der Waals surface area contributed by atoms with Gasteiger partial charge in [0.1, 0.15) is 0 Å². The minimum atomic E-state index is 0.267. The van der Waals surface area contributed by atoms with E-state index >= 15 is 0 Å². The van der Waals surface area contributed by atoms with Gasteiger partial charge in [0.05, 0.1) is 6.54 Å². The summed E-state index contributed by atoms with van der Waals surface area (Å²) in [5.74, 6) is 0.837. The first-order chi connectivity index (χ1) is 6.65. The molecule has 1 saturated carbocycles. The summed E-state index contributed by atoms with van der Waals surface area (Å²) in [6.07, 6.45) is 2.40. The molecule has 1 aliphatic carbocycles. The number of nitrogens with one attached hydrogen (secondary N) is 1. The minimum absolute atomic E-state index is 0.267. The molecule has 0 atom stereocenters. The molecule has 0 radical (unpaired) electrons. The van der Waals surface area contributed by atoms with Crippen molar-refractivity contribution in [3.8, 4) is 0 Å². The first kappa shape index (κ1) is 11.5. The van der Waals surface area contributed by atoms with Crippen LogP contribution < -0.4 is 5.32 Å². The Hall–Kier alpha value is -0.570. The average Bonchev–Trinajstić information content (AvgIpc) is 2.93. The molecule has 1 N–H and O–H groups in total. The third-order valence-electron chi connectivity index (χ3n) is 2.40. The Morgan fingerprint density at radius 3 is 2.57 bits per heavy atom. The van der Waals surface area contributed by atoms with E-state index < -0.39 is 0 Å². The molecular formula is C11H22N2O. The van der Waals surface area contributed by atoms with Crippen molar-refractivity contribution in [1.82, 2.24) is 10.2 Å². The van der Waals surface area contributed by atoms with Gasteiger partial charge in [0.15, 0.2) is 0 Å². The summed E-state index contributed by atoms with van der Waals surface area (Å²) in [7, 11) is 0. The summed E-state index contributed by atoms with van der Waals surface area (Å²) in [6, 6.07) is 0.545. The van der Waals surface area contributed by atoms with Gasteiger partial charge < -0.3 is 10.2 Å². The van der Waals surface area contributed by atoms with Crippen LogP contribution in [0.5, 0.6) is 0 Å². The van der Waals surface area contributed by atoms with Gasteiger partial charge in [-0.25, -0.2) is 0 Å². The molecular weight excluding hydrogens is 176 g/mol. The quantitative estimate of drug-likeness (QED) is 0.696. The zero-order valence-electron chi connectivity index (χ0n) is 9.55. The van der Waals surface area contributed by atoms with E-state index in [-0.39, 0.29) is 5.91 Å². The first-order valence-corrected chi connectivity index (χ1v) is 5.65. The van der Waals surface area contributed by atoms with Crippen LogP contribution in [-0.2, 0) is 4.79 Å². The summed E-state index contributed by atoms with van der Waals surface area (Å²) >= 11 is 0. The predicted molar refractivity (Wildman–Crippen MR) is 58.1 cm³/mol. The monoisotopic (exact) mass is 198 g/mol. The van der Waals surface area contributed by atoms with Gasteiger partial charge in [-0.2, -0.15) is 0 Å². The lowest BCUT2D eigenvalue weighted by molar-refractivity contribution is -0.131. The fourth-order valence-electron chi connectivity index (χ4n) is 1.57. The molecule has 0 aromatic carbocycles. The molecule has 0 heterocycles. The van der Waals surface area contributed by atoms with Crippen molar-refractivity contribution in [3.05, 3.63) is 0 Å². The molecule has 82 valence electrons. The number of carbonyl (C=O) groups is 1. The lowest BCUT2D eigenvalue weighted by atomic mass is 10.2. The average molecular weight is 198 g/mol. The number of carbonyl (C=O) groups excluding carboxylic acids is 1. The van der Waals surface area contributed by atoms with E-state index in [1.165, 1.54) is 12.8 Å². The van der Waals surface area contributed by atoms with Crippen molar-refractivity contribution < 1.29 is 4.79 Å². The highest BCUT2D eigenvalue weighted by Crippen LogP contribution is 2.27. The highest BCUT2D eigenvalue weighted by molar-refractivity contribution is 5.78. The standard InChI is InChI=1S/C11H22N2O/c1-4-12-7-11(14)13(8-9(2)3)10-5-6-10/h9-10,12H,4-8H2,1-3H3. The van der Waals surface area contributed by atoms with Crippen LogP contribution in [0.25, 0.3) is 0 Å². The molecule has 0 aromatic heterocycles. The van der Waals surface area contributed by atoms with E-state index in [4.69, 9.17) is 0 Å². The molecule has 0 aliphatic heterocycles. The number of hydrogen-bond donors (Lipinski definition) is 1. The Bertz CT molecular complexity index is 188. The zero-order valence-corrected chi connectivity index (χ0v) is 9.55. The number of likely N-dealkylation sites (N-methyl/N-ethyl adjacent to an activating group) is 1. The second-order valence-electron chi connectivity index (χ2n) is 4.45. The summed E-state index contributed by atoms with van der Waals surface area (Å²) < 4.78 is 0. The summed E-state index contributed by atoms with van der Waals surface area (Å²) in [6.45, 7) is 8.63. The molecule has 3 heteroatoms. The third-order valence-corrected chi connectivity index (χ3v) is 2.40. The zero-order chi connectivity index (χ0) is 10.6. The van der Waals surface area contributed by atoms with Crippen molar-refractivity contribution in [2.24, 2.45) is 5.92 Å². The van der Waals surface area contributed by atoms with Crippen LogP contribution in [0.3, 0.4) is 0 Å². The van der Waals surface area contributed by atoms with Crippen molar-refractivity contribution in [1.29, 1.82) is 0 Å². The van der Waals surface area contributed by atoms with Crippen LogP contribution in [0, 0.1) is 5.92 Å². The van der Waals surface area contributed by atoms with E-state index in [2.05, 4.69) is 19.2 Å². The first-order valence-electron chi connectivity index (χ1n) is 5.65. The SMILES string of the molecule is CCNCC(=O)N(CC(C)C)C1CC1. The van der Waals surface area contributed by atoms with Gasteiger partial charge in [0.2, 0.25) is 5.91 Å². The van der Waals surface area contributed by atoms with E-state index in [1.807, 2.05) is 11.8 Å². The van der Waals surface area contributed by atoms with Gasteiger partial charge in [0, 0.05) is 12.6 Å². The predicted octanol–water partition coefficient (Wildman–Crippen LogP) is 1.24. The van der Waals surface area contributed by atoms with Gasteiger partial charge in [-0.1, -0.05) is 20.8 Å². The van der Waals surface area contributed by atoms with Crippen LogP contribution in [0.15, 0.2) is 0 Å². The fraction of sp³-hybridized carbons (Fsp3) is 0.909. The maximum Gasteiger partial charge on any atom is 0.236 e. The van der Waals surface area contributed by atoms with E-state index in [1.54, 1.807) is 0 Å². The van der Waals surface area contributed by atoms with Crippen LogP contribution in [-0.4, -0.2) is 36.5 Å². The largest absolute Gasteiger partial charge is 0.338 e. The van der Waals surface area contributed by atoms with Gasteiger partial charge >= 0.3 is 0 Å². The summed E-state index contributed by atoms with van der Waals surface area (Å²) in [4.78, 5) is 13.8. The lowest BCUT2D eigenvalue weighted by Gasteiger charge is -2.24. The van der Waals surface area contributed by atoms with Crippen LogP contribution >= 0.6 is 0 Å².